The summed E-state index contributed by atoms with van der Waals surface area (Å²) >= 11 is 0. The summed E-state index contributed by atoms with van der Waals surface area (Å²) in [6.07, 6.45) is 0.286. The first-order valence-corrected chi connectivity index (χ1v) is 12.2. The van der Waals surface area contributed by atoms with E-state index in [1.807, 2.05) is 30.3 Å². The van der Waals surface area contributed by atoms with E-state index in [-0.39, 0.29) is 53.9 Å². The second-order valence-electron chi connectivity index (χ2n) is 9.20. The van der Waals surface area contributed by atoms with Crippen molar-refractivity contribution in [2.45, 2.75) is 25.5 Å². The van der Waals surface area contributed by atoms with Gasteiger partial charge in [0.15, 0.2) is 11.6 Å². The van der Waals surface area contributed by atoms with E-state index >= 15 is 0 Å². The number of hydrogen-bond acceptors (Lipinski definition) is 4. The summed E-state index contributed by atoms with van der Waals surface area (Å²) in [6.45, 7) is 1.11. The predicted octanol–water partition coefficient (Wildman–Crippen LogP) is 4.93. The minimum absolute atomic E-state index is 0.0629. The van der Waals surface area contributed by atoms with Gasteiger partial charge >= 0.3 is 0 Å². The van der Waals surface area contributed by atoms with Crippen LogP contribution in [0, 0.1) is 17.6 Å². The van der Waals surface area contributed by atoms with Gasteiger partial charge in [-0.2, -0.15) is 0 Å². The van der Waals surface area contributed by atoms with E-state index < -0.39 is 5.82 Å². The third kappa shape index (κ3) is 6.64. The molecule has 1 fully saturated rings. The van der Waals surface area contributed by atoms with Gasteiger partial charge in [0.05, 0.1) is 7.11 Å². The summed E-state index contributed by atoms with van der Waals surface area (Å²) in [5.41, 5.74) is 1.22. The molecule has 3 aromatic rings. The zero-order chi connectivity index (χ0) is 26.4. The Labute approximate surface area is 215 Å². The molecule has 2 amide bonds. The monoisotopic (exact) mass is 508 g/mol. The summed E-state index contributed by atoms with van der Waals surface area (Å²) in [6, 6.07) is 19.5. The summed E-state index contributed by atoms with van der Waals surface area (Å²) < 4.78 is 38.7. The van der Waals surface area contributed by atoms with Crippen LogP contribution in [0.25, 0.3) is 0 Å². The van der Waals surface area contributed by atoms with Gasteiger partial charge in [0, 0.05) is 51.0 Å². The molecule has 1 heterocycles. The maximum Gasteiger partial charge on any atom is 0.253 e. The van der Waals surface area contributed by atoms with Gasteiger partial charge in [-0.3, -0.25) is 9.59 Å². The molecule has 0 bridgehead atoms. The van der Waals surface area contributed by atoms with Crippen molar-refractivity contribution in [3.05, 3.63) is 95.6 Å². The van der Waals surface area contributed by atoms with Crippen LogP contribution in [0.1, 0.15) is 28.8 Å². The van der Waals surface area contributed by atoms with Crippen molar-refractivity contribution in [1.29, 1.82) is 0 Å². The molecular weight excluding hydrogens is 478 g/mol. The SMILES string of the molecule is COc1ccc(C(=O)N2CC[C@H](Oc3ccc(F)cc3)[C@@H](CC(=O)N(C)Cc3ccccc3)C2)cc1F. The summed E-state index contributed by atoms with van der Waals surface area (Å²) in [5, 5.41) is 0. The second kappa shape index (κ2) is 11.9. The molecule has 0 spiro atoms. The molecule has 194 valence electrons. The Hall–Kier alpha value is -3.94. The first-order chi connectivity index (χ1) is 17.8. The van der Waals surface area contributed by atoms with Crippen LogP contribution >= 0.6 is 0 Å². The zero-order valence-corrected chi connectivity index (χ0v) is 20.9. The molecule has 0 saturated carbocycles. The number of methoxy groups -OCH3 is 1. The number of nitrogens with zero attached hydrogens (tertiary/aromatic N) is 2. The Morgan fingerprint density at radius 3 is 2.43 bits per heavy atom. The normalized spacial score (nSPS) is 17.2. The third-order valence-electron chi connectivity index (χ3n) is 6.58. The molecule has 3 aromatic carbocycles. The van der Waals surface area contributed by atoms with E-state index in [0.29, 0.717) is 25.3 Å². The molecule has 8 heteroatoms. The number of halogens is 2. The molecule has 4 rings (SSSR count). The number of hydrogen-bond donors (Lipinski definition) is 0. The number of carbonyl (C=O) groups is 2. The van der Waals surface area contributed by atoms with Gasteiger partial charge < -0.3 is 19.3 Å². The fourth-order valence-corrected chi connectivity index (χ4v) is 4.54. The highest BCUT2D eigenvalue weighted by Crippen LogP contribution is 2.28. The van der Waals surface area contributed by atoms with Crippen LogP contribution in [0.2, 0.25) is 0 Å². The van der Waals surface area contributed by atoms with Gasteiger partial charge in [-0.15, -0.1) is 0 Å². The first-order valence-electron chi connectivity index (χ1n) is 12.2. The van der Waals surface area contributed by atoms with E-state index in [4.69, 9.17) is 9.47 Å². The minimum Gasteiger partial charge on any atom is -0.494 e. The van der Waals surface area contributed by atoms with E-state index in [0.717, 1.165) is 11.6 Å². The molecule has 1 aliphatic heterocycles. The highest BCUT2D eigenvalue weighted by atomic mass is 19.1. The molecule has 0 aromatic heterocycles. The van der Waals surface area contributed by atoms with Gasteiger partial charge in [0.2, 0.25) is 5.91 Å². The summed E-state index contributed by atoms with van der Waals surface area (Å²) in [4.78, 5) is 29.7. The van der Waals surface area contributed by atoms with Crippen molar-refractivity contribution in [3.8, 4) is 11.5 Å². The number of rotatable bonds is 8. The van der Waals surface area contributed by atoms with Crippen LogP contribution < -0.4 is 9.47 Å². The quantitative estimate of drug-likeness (QED) is 0.433. The smallest absolute Gasteiger partial charge is 0.253 e. The second-order valence-corrected chi connectivity index (χ2v) is 9.20. The van der Waals surface area contributed by atoms with Crippen molar-refractivity contribution in [3.63, 3.8) is 0 Å². The predicted molar refractivity (Wildman–Crippen MR) is 135 cm³/mol. The number of likely N-dealkylation sites (tertiary alicyclic amines) is 1. The Kier molecular flexibility index (Phi) is 8.38. The maximum atomic E-state index is 14.2. The summed E-state index contributed by atoms with van der Waals surface area (Å²) in [5.74, 6) is -1.13. The average molecular weight is 509 g/mol. The molecule has 1 saturated heterocycles. The van der Waals surface area contributed by atoms with Crippen LogP contribution in [0.15, 0.2) is 72.8 Å². The Morgan fingerprint density at radius 2 is 1.76 bits per heavy atom. The van der Waals surface area contributed by atoms with Crippen molar-refractivity contribution < 1.29 is 27.8 Å². The van der Waals surface area contributed by atoms with Crippen molar-refractivity contribution >= 4 is 11.8 Å². The molecule has 0 aliphatic carbocycles. The molecule has 37 heavy (non-hydrogen) atoms. The van der Waals surface area contributed by atoms with Gasteiger partial charge in [-0.1, -0.05) is 30.3 Å². The average Bonchev–Trinajstić information content (AvgIpc) is 2.91. The fraction of sp³-hybridized carbons (Fsp3) is 0.310. The third-order valence-corrected chi connectivity index (χ3v) is 6.58. The number of carbonyl (C=O) groups excluding carboxylic acids is 2. The highest BCUT2D eigenvalue weighted by molar-refractivity contribution is 5.94. The lowest BCUT2D eigenvalue weighted by atomic mass is 9.90. The van der Waals surface area contributed by atoms with Gasteiger partial charge in [-0.05, 0) is 48.0 Å². The van der Waals surface area contributed by atoms with Gasteiger partial charge in [-0.25, -0.2) is 8.78 Å². The lowest BCUT2D eigenvalue weighted by molar-refractivity contribution is -0.132. The number of amides is 2. The van der Waals surface area contributed by atoms with Crippen LogP contribution in [0.4, 0.5) is 8.78 Å². The first kappa shape index (κ1) is 26.1. The lowest BCUT2D eigenvalue weighted by Gasteiger charge is -2.39. The van der Waals surface area contributed by atoms with Gasteiger partial charge in [0.1, 0.15) is 17.7 Å². The molecule has 0 radical (unpaired) electrons. The van der Waals surface area contributed by atoms with Crippen molar-refractivity contribution in [2.24, 2.45) is 5.92 Å². The van der Waals surface area contributed by atoms with Crippen LogP contribution in [0.5, 0.6) is 11.5 Å². The maximum absolute atomic E-state index is 14.2. The van der Waals surface area contributed by atoms with Crippen LogP contribution in [-0.4, -0.2) is 55.0 Å². The van der Waals surface area contributed by atoms with Crippen molar-refractivity contribution in [1.82, 2.24) is 9.80 Å². The Bertz CT molecular complexity index is 1220. The van der Waals surface area contributed by atoms with Crippen LogP contribution in [-0.2, 0) is 11.3 Å². The fourth-order valence-electron chi connectivity index (χ4n) is 4.54. The summed E-state index contributed by atoms with van der Waals surface area (Å²) in [7, 11) is 3.11. The molecule has 0 N–H and O–H groups in total. The number of benzene rings is 3. The lowest BCUT2D eigenvalue weighted by Crippen LogP contribution is -2.49. The van der Waals surface area contributed by atoms with Gasteiger partial charge in [0.25, 0.3) is 5.91 Å². The zero-order valence-electron chi connectivity index (χ0n) is 20.9. The minimum atomic E-state index is -0.614. The largest absolute Gasteiger partial charge is 0.494 e. The molecule has 0 unspecified atom stereocenters. The van der Waals surface area contributed by atoms with E-state index in [1.165, 1.54) is 31.4 Å². The molecular formula is C29H30F2N2O4. The highest BCUT2D eigenvalue weighted by Gasteiger charge is 2.35. The van der Waals surface area contributed by atoms with Crippen LogP contribution in [0.3, 0.4) is 0 Å². The molecule has 2 atom stereocenters. The molecule has 6 nitrogen and oxygen atoms in total. The van der Waals surface area contributed by atoms with Crippen molar-refractivity contribution in [2.75, 3.05) is 27.2 Å². The van der Waals surface area contributed by atoms with E-state index in [9.17, 15) is 18.4 Å². The van der Waals surface area contributed by atoms with E-state index in [1.54, 1.807) is 29.0 Å². The standard InChI is InChI=1S/C29H30F2N2O4/c1-32(18-20-6-4-3-5-7-20)28(34)17-22-19-33(29(35)21-8-13-27(36-2)25(31)16-21)15-14-26(22)37-24-11-9-23(30)10-12-24/h3-13,16,22,26H,14-15,17-19H2,1-2H3/t22-,26-/m0/s1. The number of ether oxygens (including phenoxy) is 2. The number of piperidine rings is 1. The van der Waals surface area contributed by atoms with E-state index in [2.05, 4.69) is 0 Å². The topological polar surface area (TPSA) is 59.1 Å². The Balaban J connectivity index is 1.49. The molecule has 1 aliphatic rings. The Morgan fingerprint density at radius 1 is 1.03 bits per heavy atom.